The number of benzene rings is 2. The molecule has 128 valence electrons. The molecule has 1 atom stereocenters. The molecular formula is C18H16N2O4S. The number of carbonyl (C=O) groups excluding carboxylic acids is 3. The van der Waals surface area contributed by atoms with Crippen LogP contribution < -0.4 is 10.2 Å². The highest BCUT2D eigenvalue weighted by molar-refractivity contribution is 8.16. The zero-order valence-electron chi connectivity index (χ0n) is 13.5. The van der Waals surface area contributed by atoms with Crippen molar-refractivity contribution in [3.8, 4) is 0 Å². The number of hydrogen-bond acceptors (Lipinski definition) is 6. The second-order valence-electron chi connectivity index (χ2n) is 5.18. The number of ether oxygens (including phenoxy) is 1. The van der Waals surface area contributed by atoms with Crippen LogP contribution in [0.5, 0.6) is 0 Å². The van der Waals surface area contributed by atoms with E-state index in [0.29, 0.717) is 16.9 Å². The van der Waals surface area contributed by atoms with Crippen LogP contribution in [0.3, 0.4) is 0 Å². The zero-order chi connectivity index (χ0) is 17.8. The SMILES string of the molecule is CCOC(=O)c1ccccc1NC1SC(=O)N(c2ccccc2)C1=O. The molecule has 0 aromatic heterocycles. The third-order valence-corrected chi connectivity index (χ3v) is 4.51. The highest BCUT2D eigenvalue weighted by Gasteiger charge is 2.41. The first-order valence-electron chi connectivity index (χ1n) is 7.74. The summed E-state index contributed by atoms with van der Waals surface area (Å²) in [5.41, 5.74) is 1.30. The maximum Gasteiger partial charge on any atom is 0.340 e. The largest absolute Gasteiger partial charge is 0.462 e. The summed E-state index contributed by atoms with van der Waals surface area (Å²) >= 11 is 0.879. The third kappa shape index (κ3) is 3.51. The Morgan fingerprint density at radius 2 is 1.80 bits per heavy atom. The van der Waals surface area contributed by atoms with Gasteiger partial charge >= 0.3 is 5.97 Å². The van der Waals surface area contributed by atoms with Gasteiger partial charge in [-0.1, -0.05) is 30.3 Å². The van der Waals surface area contributed by atoms with E-state index in [1.54, 1.807) is 55.5 Å². The summed E-state index contributed by atoms with van der Waals surface area (Å²) in [6.45, 7) is 1.98. The lowest BCUT2D eigenvalue weighted by Gasteiger charge is -2.16. The van der Waals surface area contributed by atoms with Gasteiger partial charge in [0.15, 0.2) is 5.37 Å². The molecule has 0 bridgehead atoms. The van der Waals surface area contributed by atoms with E-state index in [4.69, 9.17) is 4.74 Å². The van der Waals surface area contributed by atoms with E-state index in [-0.39, 0.29) is 17.8 Å². The molecule has 7 heteroatoms. The van der Waals surface area contributed by atoms with Crippen molar-refractivity contribution in [1.29, 1.82) is 0 Å². The minimum absolute atomic E-state index is 0.255. The maximum atomic E-state index is 12.6. The fourth-order valence-electron chi connectivity index (χ4n) is 2.45. The summed E-state index contributed by atoms with van der Waals surface area (Å²) in [5.74, 6) is -0.854. The fourth-order valence-corrected chi connectivity index (χ4v) is 3.34. The standard InChI is InChI=1S/C18H16N2O4S/c1-2-24-17(22)13-10-6-7-11-14(13)19-15-16(21)20(18(23)25-15)12-8-4-3-5-9-12/h3-11,15,19H,2H2,1H3. The Bertz CT molecular complexity index is 810. The van der Waals surface area contributed by atoms with Gasteiger partial charge in [-0.15, -0.1) is 0 Å². The van der Waals surface area contributed by atoms with Crippen molar-refractivity contribution in [2.24, 2.45) is 0 Å². The molecule has 1 aliphatic rings. The minimum Gasteiger partial charge on any atom is -0.462 e. The fraction of sp³-hybridized carbons (Fsp3) is 0.167. The van der Waals surface area contributed by atoms with E-state index in [2.05, 4.69) is 5.32 Å². The molecule has 1 heterocycles. The molecule has 1 saturated heterocycles. The summed E-state index contributed by atoms with van der Waals surface area (Å²) in [6.07, 6.45) is 0. The molecule has 25 heavy (non-hydrogen) atoms. The number of amides is 2. The summed E-state index contributed by atoms with van der Waals surface area (Å²) < 4.78 is 5.02. The van der Waals surface area contributed by atoms with Crippen LogP contribution in [0.1, 0.15) is 17.3 Å². The molecule has 1 aliphatic heterocycles. The normalized spacial score (nSPS) is 16.8. The number of anilines is 2. The number of nitrogens with one attached hydrogen (secondary N) is 1. The summed E-state index contributed by atoms with van der Waals surface area (Å²) in [7, 11) is 0. The van der Waals surface area contributed by atoms with Crippen LogP contribution in [0.2, 0.25) is 0 Å². The highest BCUT2D eigenvalue weighted by atomic mass is 32.2. The lowest BCUT2D eigenvalue weighted by molar-refractivity contribution is -0.116. The number of thioether (sulfide) groups is 1. The van der Waals surface area contributed by atoms with Gasteiger partial charge in [-0.25, -0.2) is 9.69 Å². The lowest BCUT2D eigenvalue weighted by atomic mass is 10.2. The van der Waals surface area contributed by atoms with Crippen molar-refractivity contribution in [1.82, 2.24) is 0 Å². The predicted octanol–water partition coefficient (Wildman–Crippen LogP) is 3.50. The maximum absolute atomic E-state index is 12.6. The Balaban J connectivity index is 1.82. The quantitative estimate of drug-likeness (QED) is 0.827. The van der Waals surface area contributed by atoms with Crippen LogP contribution in [0.4, 0.5) is 16.2 Å². The summed E-state index contributed by atoms with van der Waals surface area (Å²) in [6, 6.07) is 15.5. The van der Waals surface area contributed by atoms with Crippen LogP contribution in [-0.2, 0) is 9.53 Å². The first kappa shape index (κ1) is 17.0. The molecule has 3 rings (SSSR count). The first-order chi connectivity index (χ1) is 12.1. The van der Waals surface area contributed by atoms with Gasteiger partial charge in [0, 0.05) is 5.69 Å². The van der Waals surface area contributed by atoms with Crippen LogP contribution in [-0.4, -0.2) is 29.1 Å². The molecule has 0 saturated carbocycles. The number of imide groups is 1. The second-order valence-corrected chi connectivity index (χ2v) is 6.24. The van der Waals surface area contributed by atoms with E-state index in [0.717, 1.165) is 16.7 Å². The Hall–Kier alpha value is -2.80. The van der Waals surface area contributed by atoms with Crippen molar-refractivity contribution in [2.75, 3.05) is 16.8 Å². The predicted molar refractivity (Wildman–Crippen MR) is 96.7 cm³/mol. The van der Waals surface area contributed by atoms with Gasteiger partial charge in [-0.3, -0.25) is 9.59 Å². The molecule has 0 aliphatic carbocycles. The minimum atomic E-state index is -0.803. The van der Waals surface area contributed by atoms with Crippen LogP contribution in [0.25, 0.3) is 0 Å². The zero-order valence-corrected chi connectivity index (χ0v) is 14.3. The van der Waals surface area contributed by atoms with E-state index in [9.17, 15) is 14.4 Å². The number of esters is 1. The Labute approximate surface area is 149 Å². The molecule has 1 N–H and O–H groups in total. The van der Waals surface area contributed by atoms with Gasteiger partial charge in [0.05, 0.1) is 17.9 Å². The van der Waals surface area contributed by atoms with Crippen molar-refractivity contribution < 1.29 is 19.1 Å². The number of nitrogens with zero attached hydrogens (tertiary/aromatic N) is 1. The van der Waals surface area contributed by atoms with Crippen molar-refractivity contribution in [3.05, 3.63) is 60.2 Å². The van der Waals surface area contributed by atoms with Gasteiger partial charge < -0.3 is 10.1 Å². The molecule has 2 amide bonds. The van der Waals surface area contributed by atoms with E-state index in [1.807, 2.05) is 6.07 Å². The van der Waals surface area contributed by atoms with Gasteiger partial charge in [0.25, 0.3) is 11.1 Å². The van der Waals surface area contributed by atoms with Gasteiger partial charge in [0.2, 0.25) is 0 Å². The first-order valence-corrected chi connectivity index (χ1v) is 8.62. The summed E-state index contributed by atoms with van der Waals surface area (Å²) in [5, 5.41) is 1.82. The topological polar surface area (TPSA) is 75.7 Å². The molecule has 1 fully saturated rings. The molecule has 1 unspecified atom stereocenters. The number of rotatable bonds is 5. The summed E-state index contributed by atoms with van der Waals surface area (Å²) in [4.78, 5) is 38.1. The van der Waals surface area contributed by atoms with Crippen LogP contribution >= 0.6 is 11.8 Å². The van der Waals surface area contributed by atoms with Crippen LogP contribution in [0, 0.1) is 0 Å². The van der Waals surface area contributed by atoms with Gasteiger partial charge in [0.1, 0.15) is 0 Å². The van der Waals surface area contributed by atoms with E-state index < -0.39 is 11.3 Å². The third-order valence-electron chi connectivity index (χ3n) is 3.57. The van der Waals surface area contributed by atoms with Crippen molar-refractivity contribution in [2.45, 2.75) is 12.3 Å². The number of carbonyl (C=O) groups is 3. The van der Waals surface area contributed by atoms with E-state index in [1.165, 1.54) is 0 Å². The van der Waals surface area contributed by atoms with Crippen molar-refractivity contribution >= 4 is 40.3 Å². The average Bonchev–Trinajstić information content (AvgIpc) is 2.90. The number of hydrogen-bond donors (Lipinski definition) is 1. The highest BCUT2D eigenvalue weighted by Crippen LogP contribution is 2.33. The average molecular weight is 356 g/mol. The van der Waals surface area contributed by atoms with Gasteiger partial charge in [-0.05, 0) is 43.0 Å². The number of para-hydroxylation sites is 2. The molecule has 2 aromatic carbocycles. The van der Waals surface area contributed by atoms with E-state index >= 15 is 0 Å². The molecule has 0 spiro atoms. The molecule has 0 radical (unpaired) electrons. The van der Waals surface area contributed by atoms with Crippen molar-refractivity contribution in [3.63, 3.8) is 0 Å². The lowest BCUT2D eigenvalue weighted by Crippen LogP contribution is -2.34. The smallest absolute Gasteiger partial charge is 0.340 e. The Morgan fingerprint density at radius 3 is 2.52 bits per heavy atom. The molecule has 2 aromatic rings. The Kier molecular flexibility index (Phi) is 5.04. The second kappa shape index (κ2) is 7.40. The monoisotopic (exact) mass is 356 g/mol. The van der Waals surface area contributed by atoms with Crippen LogP contribution in [0.15, 0.2) is 54.6 Å². The Morgan fingerprint density at radius 1 is 1.12 bits per heavy atom. The molecule has 6 nitrogen and oxygen atoms in total. The molecular weight excluding hydrogens is 340 g/mol. The van der Waals surface area contributed by atoms with Gasteiger partial charge in [-0.2, -0.15) is 0 Å².